The van der Waals surface area contributed by atoms with Crippen LogP contribution in [-0.2, 0) is 0 Å². The van der Waals surface area contributed by atoms with Crippen LogP contribution in [0.3, 0.4) is 0 Å². The van der Waals surface area contributed by atoms with Gasteiger partial charge >= 0.3 is 0 Å². The Balaban J connectivity index is 2.15. The predicted octanol–water partition coefficient (Wildman–Crippen LogP) is 2.36. The predicted molar refractivity (Wildman–Crippen MR) is 37.0 cm³/mol. The standard InChI is InChI=1S/C9H12/c1-6-4-8-7-2-3-9(6,8)5-7/h4,6-7H,2-3,5H2,1H3. The van der Waals surface area contributed by atoms with E-state index in [1.165, 1.54) is 12.8 Å². The zero-order chi connectivity index (χ0) is 6.06. The molecule has 48 valence electrons. The second-order valence-electron chi connectivity index (χ2n) is 4.01. The molecular weight excluding hydrogens is 108 g/mol. The molecule has 2 bridgehead atoms. The van der Waals surface area contributed by atoms with Crippen molar-refractivity contribution in [2.45, 2.75) is 26.2 Å². The van der Waals surface area contributed by atoms with Crippen LogP contribution in [0.2, 0.25) is 0 Å². The van der Waals surface area contributed by atoms with E-state index in [0.717, 1.165) is 17.3 Å². The molecule has 3 saturated carbocycles. The molecule has 0 aromatic carbocycles. The average molecular weight is 120 g/mol. The van der Waals surface area contributed by atoms with Crippen molar-refractivity contribution in [2.75, 3.05) is 0 Å². The molecule has 0 saturated heterocycles. The van der Waals surface area contributed by atoms with Gasteiger partial charge in [0.2, 0.25) is 0 Å². The molecule has 3 fully saturated rings. The smallest absolute Gasteiger partial charge is 0.00191 e. The van der Waals surface area contributed by atoms with Crippen LogP contribution >= 0.6 is 0 Å². The van der Waals surface area contributed by atoms with Gasteiger partial charge in [0.1, 0.15) is 0 Å². The number of rotatable bonds is 0. The topological polar surface area (TPSA) is 0 Å². The Morgan fingerprint density at radius 1 is 1.67 bits per heavy atom. The van der Waals surface area contributed by atoms with E-state index < -0.39 is 0 Å². The molecule has 9 heavy (non-hydrogen) atoms. The largest absolute Gasteiger partial charge is 0.0807 e. The van der Waals surface area contributed by atoms with Gasteiger partial charge < -0.3 is 0 Å². The average Bonchev–Trinajstić information content (AvgIpc) is 2.36. The fourth-order valence-corrected chi connectivity index (χ4v) is 3.19. The van der Waals surface area contributed by atoms with Crippen LogP contribution in [-0.4, -0.2) is 0 Å². The van der Waals surface area contributed by atoms with Gasteiger partial charge in [-0.25, -0.2) is 0 Å². The highest BCUT2D eigenvalue weighted by molar-refractivity contribution is 5.43. The quantitative estimate of drug-likeness (QED) is 0.430. The van der Waals surface area contributed by atoms with E-state index in [-0.39, 0.29) is 0 Å². The lowest BCUT2D eigenvalue weighted by atomic mass is 9.51. The maximum absolute atomic E-state index is 2.50. The second kappa shape index (κ2) is 1.00. The summed E-state index contributed by atoms with van der Waals surface area (Å²) in [5.41, 5.74) is 2.64. The minimum absolute atomic E-state index is 0.796. The van der Waals surface area contributed by atoms with Gasteiger partial charge in [0.05, 0.1) is 0 Å². The van der Waals surface area contributed by atoms with Gasteiger partial charge in [-0.2, -0.15) is 0 Å². The van der Waals surface area contributed by atoms with Gasteiger partial charge in [0, 0.05) is 0 Å². The number of hydrogen-bond donors (Lipinski definition) is 0. The second-order valence-corrected chi connectivity index (χ2v) is 4.01. The molecule has 4 aliphatic carbocycles. The van der Waals surface area contributed by atoms with Crippen molar-refractivity contribution in [1.82, 2.24) is 0 Å². The van der Waals surface area contributed by atoms with Crippen molar-refractivity contribution in [1.29, 1.82) is 0 Å². The Labute approximate surface area is 56.0 Å². The molecule has 1 spiro atoms. The normalized spacial score (nSPS) is 59.4. The molecule has 0 heterocycles. The highest BCUT2D eigenvalue weighted by Crippen LogP contribution is 2.72. The highest BCUT2D eigenvalue weighted by Gasteiger charge is 2.61. The first-order valence-corrected chi connectivity index (χ1v) is 4.05. The third-order valence-corrected chi connectivity index (χ3v) is 3.87. The van der Waals surface area contributed by atoms with E-state index in [4.69, 9.17) is 0 Å². The third-order valence-electron chi connectivity index (χ3n) is 3.87. The fraction of sp³-hybridized carbons (Fsp3) is 0.778. The number of allylic oxidation sites excluding steroid dienone is 2. The van der Waals surface area contributed by atoms with Crippen LogP contribution in [0.25, 0.3) is 0 Å². The first kappa shape index (κ1) is 4.54. The zero-order valence-corrected chi connectivity index (χ0v) is 5.85. The number of fused-ring (bicyclic) bond motifs is 1. The fourth-order valence-electron chi connectivity index (χ4n) is 3.19. The van der Waals surface area contributed by atoms with Crippen LogP contribution in [0.4, 0.5) is 0 Å². The summed E-state index contributed by atoms with van der Waals surface area (Å²) < 4.78 is 0. The molecule has 0 amide bonds. The lowest BCUT2D eigenvalue weighted by molar-refractivity contribution is 0.147. The van der Waals surface area contributed by atoms with Crippen LogP contribution in [0.5, 0.6) is 0 Å². The minimum atomic E-state index is 0.796. The van der Waals surface area contributed by atoms with E-state index in [1.807, 2.05) is 5.57 Å². The Kier molecular flexibility index (Phi) is 0.505. The monoisotopic (exact) mass is 120 g/mol. The summed E-state index contributed by atoms with van der Waals surface area (Å²) in [7, 11) is 0. The third kappa shape index (κ3) is 0.270. The first-order chi connectivity index (χ1) is 4.33. The Hall–Kier alpha value is -0.260. The molecular formula is C9H12. The highest BCUT2D eigenvalue weighted by atomic mass is 14.7. The van der Waals surface area contributed by atoms with Gasteiger partial charge in [-0.15, -0.1) is 0 Å². The maximum atomic E-state index is 2.50. The summed E-state index contributed by atoms with van der Waals surface area (Å²) in [6.45, 7) is 2.38. The van der Waals surface area contributed by atoms with Crippen molar-refractivity contribution in [3.63, 3.8) is 0 Å². The van der Waals surface area contributed by atoms with Crippen molar-refractivity contribution >= 4 is 0 Å². The molecule has 0 N–H and O–H groups in total. The van der Waals surface area contributed by atoms with E-state index in [9.17, 15) is 0 Å². The summed E-state index contributed by atoms with van der Waals surface area (Å²) >= 11 is 0. The van der Waals surface area contributed by atoms with Crippen molar-refractivity contribution < 1.29 is 0 Å². The Morgan fingerprint density at radius 3 is 3.00 bits per heavy atom. The van der Waals surface area contributed by atoms with Crippen molar-refractivity contribution in [3.8, 4) is 0 Å². The van der Waals surface area contributed by atoms with Gasteiger partial charge in [-0.05, 0) is 36.5 Å². The summed E-state index contributed by atoms with van der Waals surface area (Å²) in [6.07, 6.45) is 7.07. The molecule has 3 unspecified atom stereocenters. The van der Waals surface area contributed by atoms with Gasteiger partial charge in [0.25, 0.3) is 0 Å². The summed E-state index contributed by atoms with van der Waals surface area (Å²) in [5, 5.41) is 0. The Bertz CT molecular complexity index is 198. The molecule has 0 aromatic rings. The van der Waals surface area contributed by atoms with Crippen LogP contribution in [0.1, 0.15) is 26.2 Å². The molecule has 4 aliphatic rings. The molecule has 4 rings (SSSR count). The zero-order valence-electron chi connectivity index (χ0n) is 5.85. The molecule has 0 radical (unpaired) electrons. The molecule has 3 atom stereocenters. The van der Waals surface area contributed by atoms with E-state index in [1.54, 1.807) is 6.42 Å². The van der Waals surface area contributed by atoms with E-state index >= 15 is 0 Å². The van der Waals surface area contributed by atoms with Crippen LogP contribution in [0, 0.1) is 17.3 Å². The van der Waals surface area contributed by atoms with E-state index in [2.05, 4.69) is 13.0 Å². The minimum Gasteiger partial charge on any atom is -0.0807 e. The van der Waals surface area contributed by atoms with Gasteiger partial charge in [-0.1, -0.05) is 18.6 Å². The molecule has 0 heteroatoms. The van der Waals surface area contributed by atoms with E-state index in [0.29, 0.717) is 0 Å². The first-order valence-electron chi connectivity index (χ1n) is 4.05. The Morgan fingerprint density at radius 2 is 2.56 bits per heavy atom. The lowest BCUT2D eigenvalue weighted by Gasteiger charge is -2.53. The lowest BCUT2D eigenvalue weighted by Crippen LogP contribution is -2.44. The van der Waals surface area contributed by atoms with Crippen LogP contribution < -0.4 is 0 Å². The molecule has 0 nitrogen and oxygen atoms in total. The SMILES string of the molecule is CC1C=C2C3CCC21C3. The van der Waals surface area contributed by atoms with Crippen LogP contribution in [0.15, 0.2) is 11.6 Å². The van der Waals surface area contributed by atoms with Gasteiger partial charge in [-0.3, -0.25) is 0 Å². The molecule has 0 aromatic heterocycles. The molecule has 0 aliphatic heterocycles. The summed E-state index contributed by atoms with van der Waals surface area (Å²) in [6, 6.07) is 0. The van der Waals surface area contributed by atoms with Gasteiger partial charge in [0.15, 0.2) is 0 Å². The number of hydrogen-bond acceptors (Lipinski definition) is 0. The maximum Gasteiger partial charge on any atom is -0.00191 e. The summed E-state index contributed by atoms with van der Waals surface area (Å²) in [4.78, 5) is 0. The van der Waals surface area contributed by atoms with Crippen molar-refractivity contribution in [2.24, 2.45) is 17.3 Å². The summed E-state index contributed by atoms with van der Waals surface area (Å²) in [5.74, 6) is 1.99. The van der Waals surface area contributed by atoms with Crippen molar-refractivity contribution in [3.05, 3.63) is 11.6 Å².